The van der Waals surface area contributed by atoms with Gasteiger partial charge in [0.1, 0.15) is 0 Å². The number of ether oxygens (including phenoxy) is 1. The third kappa shape index (κ3) is 3.73. The van der Waals surface area contributed by atoms with Crippen molar-refractivity contribution in [3.05, 3.63) is 89.2 Å². The zero-order valence-electron chi connectivity index (χ0n) is 12.1. The van der Waals surface area contributed by atoms with E-state index >= 15 is 0 Å². The number of hydrogen-bond donors (Lipinski definition) is 0. The SMILES string of the molecule is Clc1ccccc1-c1ccc(COCc2cccnc2)cc1. The summed E-state index contributed by atoms with van der Waals surface area (Å²) in [6, 6.07) is 20.1. The first-order chi connectivity index (χ1) is 10.8. The molecule has 1 aromatic heterocycles. The first-order valence-electron chi connectivity index (χ1n) is 7.13. The van der Waals surface area contributed by atoms with Crippen molar-refractivity contribution < 1.29 is 4.74 Å². The molecule has 22 heavy (non-hydrogen) atoms. The highest BCUT2D eigenvalue weighted by atomic mass is 35.5. The predicted molar refractivity (Wildman–Crippen MR) is 89.6 cm³/mol. The molecule has 1 heterocycles. The average Bonchev–Trinajstić information content (AvgIpc) is 2.57. The second-order valence-corrected chi connectivity index (χ2v) is 5.44. The zero-order chi connectivity index (χ0) is 15.2. The largest absolute Gasteiger partial charge is 0.372 e. The molecule has 110 valence electrons. The van der Waals surface area contributed by atoms with Crippen LogP contribution in [-0.4, -0.2) is 4.98 Å². The van der Waals surface area contributed by atoms with Crippen LogP contribution in [0.25, 0.3) is 11.1 Å². The highest BCUT2D eigenvalue weighted by Gasteiger charge is 2.02. The molecule has 0 unspecified atom stereocenters. The summed E-state index contributed by atoms with van der Waals surface area (Å²) in [7, 11) is 0. The van der Waals surface area contributed by atoms with E-state index in [-0.39, 0.29) is 0 Å². The molecule has 0 spiro atoms. The standard InChI is InChI=1S/C19H16ClNO/c20-19-6-2-1-5-18(19)17-9-7-15(8-10-17)13-22-14-16-4-3-11-21-12-16/h1-12H,13-14H2. The molecule has 3 aromatic rings. The maximum absolute atomic E-state index is 6.22. The van der Waals surface area contributed by atoms with Gasteiger partial charge in [0, 0.05) is 23.0 Å². The van der Waals surface area contributed by atoms with Crippen LogP contribution in [0.5, 0.6) is 0 Å². The van der Waals surface area contributed by atoms with Crippen LogP contribution in [0, 0.1) is 0 Å². The van der Waals surface area contributed by atoms with Crippen LogP contribution in [0.2, 0.25) is 5.02 Å². The number of rotatable bonds is 5. The molecule has 0 radical (unpaired) electrons. The van der Waals surface area contributed by atoms with Gasteiger partial charge in [0.05, 0.1) is 13.2 Å². The molecule has 0 aliphatic rings. The van der Waals surface area contributed by atoms with Gasteiger partial charge in [-0.2, -0.15) is 0 Å². The van der Waals surface area contributed by atoms with Gasteiger partial charge in [-0.3, -0.25) is 4.98 Å². The minimum atomic E-state index is 0.570. The molecular weight excluding hydrogens is 294 g/mol. The first kappa shape index (κ1) is 14.8. The lowest BCUT2D eigenvalue weighted by molar-refractivity contribution is 0.107. The summed E-state index contributed by atoms with van der Waals surface area (Å²) in [6.07, 6.45) is 3.58. The van der Waals surface area contributed by atoms with Crippen LogP contribution in [-0.2, 0) is 18.0 Å². The summed E-state index contributed by atoms with van der Waals surface area (Å²) in [5.74, 6) is 0. The number of aromatic nitrogens is 1. The van der Waals surface area contributed by atoms with Crippen molar-refractivity contribution in [3.63, 3.8) is 0 Å². The van der Waals surface area contributed by atoms with E-state index in [1.54, 1.807) is 6.20 Å². The summed E-state index contributed by atoms with van der Waals surface area (Å²) in [5.41, 5.74) is 4.38. The Morgan fingerprint density at radius 2 is 1.59 bits per heavy atom. The molecule has 0 aliphatic heterocycles. The smallest absolute Gasteiger partial charge is 0.0736 e. The lowest BCUT2D eigenvalue weighted by atomic mass is 10.0. The lowest BCUT2D eigenvalue weighted by Gasteiger charge is -2.07. The zero-order valence-corrected chi connectivity index (χ0v) is 12.8. The van der Waals surface area contributed by atoms with E-state index < -0.39 is 0 Å². The molecule has 2 nitrogen and oxygen atoms in total. The Hall–Kier alpha value is -2.16. The van der Waals surface area contributed by atoms with E-state index in [1.165, 1.54) is 0 Å². The van der Waals surface area contributed by atoms with Gasteiger partial charge < -0.3 is 4.74 Å². The first-order valence-corrected chi connectivity index (χ1v) is 7.51. The van der Waals surface area contributed by atoms with E-state index in [1.807, 2.05) is 42.6 Å². The number of nitrogens with zero attached hydrogens (tertiary/aromatic N) is 1. The van der Waals surface area contributed by atoms with Crippen molar-refractivity contribution in [2.45, 2.75) is 13.2 Å². The maximum Gasteiger partial charge on any atom is 0.0736 e. The predicted octanol–water partition coefficient (Wildman–Crippen LogP) is 5.12. The van der Waals surface area contributed by atoms with Crippen molar-refractivity contribution in [1.82, 2.24) is 4.98 Å². The Morgan fingerprint density at radius 1 is 0.818 bits per heavy atom. The van der Waals surface area contributed by atoms with Gasteiger partial charge in [0.25, 0.3) is 0 Å². The Balaban J connectivity index is 1.61. The Labute approximate surface area is 135 Å². The van der Waals surface area contributed by atoms with Crippen molar-refractivity contribution in [2.75, 3.05) is 0 Å². The molecule has 2 aromatic carbocycles. The normalized spacial score (nSPS) is 10.6. The second kappa shape index (κ2) is 7.21. The topological polar surface area (TPSA) is 22.1 Å². The molecule has 0 saturated carbocycles. The molecule has 0 amide bonds. The van der Waals surface area contributed by atoms with Gasteiger partial charge in [-0.1, -0.05) is 60.1 Å². The van der Waals surface area contributed by atoms with E-state index in [4.69, 9.17) is 16.3 Å². The average molecular weight is 310 g/mol. The minimum Gasteiger partial charge on any atom is -0.372 e. The van der Waals surface area contributed by atoms with E-state index in [9.17, 15) is 0 Å². The van der Waals surface area contributed by atoms with Crippen molar-refractivity contribution in [3.8, 4) is 11.1 Å². The molecule has 0 N–H and O–H groups in total. The fourth-order valence-corrected chi connectivity index (χ4v) is 2.49. The fourth-order valence-electron chi connectivity index (χ4n) is 2.25. The highest BCUT2D eigenvalue weighted by molar-refractivity contribution is 6.33. The Bertz CT molecular complexity index is 726. The summed E-state index contributed by atoms with van der Waals surface area (Å²) in [5, 5.41) is 0.767. The summed E-state index contributed by atoms with van der Waals surface area (Å²) in [4.78, 5) is 4.07. The number of benzene rings is 2. The third-order valence-corrected chi connectivity index (χ3v) is 3.73. The second-order valence-electron chi connectivity index (χ2n) is 5.03. The molecule has 0 saturated heterocycles. The number of pyridine rings is 1. The van der Waals surface area contributed by atoms with Crippen LogP contribution in [0.15, 0.2) is 73.1 Å². The molecule has 0 fully saturated rings. The van der Waals surface area contributed by atoms with Crippen LogP contribution in [0.4, 0.5) is 0 Å². The molecule has 0 atom stereocenters. The Kier molecular flexibility index (Phi) is 4.84. The molecular formula is C19H16ClNO. The maximum atomic E-state index is 6.22. The quantitative estimate of drug-likeness (QED) is 0.652. The van der Waals surface area contributed by atoms with Gasteiger partial charge in [-0.15, -0.1) is 0 Å². The summed E-state index contributed by atoms with van der Waals surface area (Å²) < 4.78 is 5.71. The van der Waals surface area contributed by atoms with Gasteiger partial charge in [-0.25, -0.2) is 0 Å². The summed E-state index contributed by atoms with van der Waals surface area (Å²) >= 11 is 6.22. The monoisotopic (exact) mass is 309 g/mol. The number of hydrogen-bond acceptors (Lipinski definition) is 2. The van der Waals surface area contributed by atoms with Gasteiger partial charge in [0.2, 0.25) is 0 Å². The third-order valence-electron chi connectivity index (χ3n) is 3.40. The Morgan fingerprint density at radius 3 is 2.32 bits per heavy atom. The van der Waals surface area contributed by atoms with Crippen molar-refractivity contribution in [2.24, 2.45) is 0 Å². The molecule has 0 aliphatic carbocycles. The highest BCUT2D eigenvalue weighted by Crippen LogP contribution is 2.27. The van der Waals surface area contributed by atoms with Gasteiger partial charge in [0.15, 0.2) is 0 Å². The molecule has 0 bridgehead atoms. The van der Waals surface area contributed by atoms with Crippen LogP contribution >= 0.6 is 11.6 Å². The van der Waals surface area contributed by atoms with Crippen LogP contribution in [0.3, 0.4) is 0 Å². The molecule has 3 heteroatoms. The van der Waals surface area contributed by atoms with Crippen LogP contribution < -0.4 is 0 Å². The van der Waals surface area contributed by atoms with Crippen LogP contribution in [0.1, 0.15) is 11.1 Å². The van der Waals surface area contributed by atoms with E-state index in [0.29, 0.717) is 13.2 Å². The lowest BCUT2D eigenvalue weighted by Crippen LogP contribution is -1.94. The minimum absolute atomic E-state index is 0.570. The van der Waals surface area contributed by atoms with Gasteiger partial charge in [-0.05, 0) is 28.8 Å². The van der Waals surface area contributed by atoms with Crippen molar-refractivity contribution >= 4 is 11.6 Å². The van der Waals surface area contributed by atoms with E-state index in [2.05, 4.69) is 29.2 Å². The summed E-state index contributed by atoms with van der Waals surface area (Å²) in [6.45, 7) is 1.15. The number of halogens is 1. The molecule has 3 rings (SSSR count). The van der Waals surface area contributed by atoms with E-state index in [0.717, 1.165) is 27.3 Å². The fraction of sp³-hybridized carbons (Fsp3) is 0.105. The van der Waals surface area contributed by atoms with Gasteiger partial charge >= 0.3 is 0 Å². The van der Waals surface area contributed by atoms with Crippen molar-refractivity contribution in [1.29, 1.82) is 0 Å².